The Morgan fingerprint density at radius 3 is 2.71 bits per heavy atom. The minimum atomic E-state index is -1.67. The van der Waals surface area contributed by atoms with Crippen molar-refractivity contribution in [2.75, 3.05) is 27.2 Å². The number of amides is 3. The van der Waals surface area contributed by atoms with Gasteiger partial charge in [-0.3, -0.25) is 28.9 Å². The zero-order valence-electron chi connectivity index (χ0n) is 25.3. The molecule has 7 rings (SSSR count). The molecule has 224 valence electrons. The lowest BCUT2D eigenvalue weighted by molar-refractivity contribution is -0.335. The molecule has 6 atom stereocenters. The summed E-state index contributed by atoms with van der Waals surface area (Å²) in [5.41, 5.74) is 2.99. The van der Waals surface area contributed by atoms with Gasteiger partial charge in [0.25, 0.3) is 11.8 Å². The summed E-state index contributed by atoms with van der Waals surface area (Å²) < 4.78 is 12.9. The molecular formula is C32H41N5O5. The Morgan fingerprint density at radius 1 is 1.21 bits per heavy atom. The first-order valence-electron chi connectivity index (χ1n) is 15.3. The maximum atomic E-state index is 14.6. The number of carbonyl (C=O) groups is 3. The fourth-order valence-corrected chi connectivity index (χ4v) is 8.22. The summed E-state index contributed by atoms with van der Waals surface area (Å²) >= 11 is 0. The van der Waals surface area contributed by atoms with Crippen LogP contribution in [0.5, 0.6) is 0 Å². The highest BCUT2D eigenvalue weighted by Gasteiger charge is 2.73. The molecule has 10 heteroatoms. The van der Waals surface area contributed by atoms with Gasteiger partial charge in [0.05, 0.1) is 5.92 Å². The number of hydrogen-bond acceptors (Lipinski definition) is 6. The quantitative estimate of drug-likeness (QED) is 0.568. The molecule has 1 aliphatic carbocycles. The van der Waals surface area contributed by atoms with Crippen LogP contribution in [0.15, 0.2) is 30.5 Å². The number of carbonyl (C=O) groups excluding carboxylic acids is 3. The summed E-state index contributed by atoms with van der Waals surface area (Å²) in [7, 11) is 3.58. The van der Waals surface area contributed by atoms with E-state index in [0.29, 0.717) is 19.5 Å². The molecular weight excluding hydrogens is 534 g/mol. The first kappa shape index (κ1) is 27.6. The van der Waals surface area contributed by atoms with E-state index in [0.717, 1.165) is 29.5 Å². The summed E-state index contributed by atoms with van der Waals surface area (Å²) in [6.45, 7) is 8.72. The Bertz CT molecular complexity index is 1510. The highest BCUT2D eigenvalue weighted by molar-refractivity contribution is 6.01. The first-order chi connectivity index (χ1) is 20.0. The standard InChI is InChI=1S/C32H41N5O5/c1-17(2)27-29(39)36-12-8-11-25(36)32(41-6)37(27)30(40)31(42-32,18(3)4)34-28(38)20-13-22-21-9-7-10-23-26(21)19(15-33-23)14-24(22)35(5)16-20/h7,9-10,13,15,17-18,20,24-25,27,33H,8,11-12,14,16H2,1-6H3,(H,34,38)/t20-,24-,25+,27+,31-,32+/m1/s1. The lowest BCUT2D eigenvalue weighted by Gasteiger charge is -2.51. The van der Waals surface area contributed by atoms with Crippen LogP contribution in [0, 0.1) is 17.8 Å². The monoisotopic (exact) mass is 575 g/mol. The van der Waals surface area contributed by atoms with Crippen molar-refractivity contribution in [1.29, 1.82) is 0 Å². The molecule has 0 saturated carbocycles. The summed E-state index contributed by atoms with van der Waals surface area (Å²) in [6.07, 6.45) is 6.51. The molecule has 10 nitrogen and oxygen atoms in total. The van der Waals surface area contributed by atoms with Crippen molar-refractivity contribution in [3.63, 3.8) is 0 Å². The van der Waals surface area contributed by atoms with Crippen LogP contribution in [0.1, 0.15) is 51.7 Å². The smallest absolute Gasteiger partial charge is 0.281 e. The maximum Gasteiger partial charge on any atom is 0.281 e. The number of aromatic nitrogens is 1. The number of H-pyrrole nitrogens is 1. The van der Waals surface area contributed by atoms with Crippen molar-refractivity contribution in [2.45, 2.75) is 76.7 Å². The van der Waals surface area contributed by atoms with Crippen LogP contribution in [-0.2, 0) is 30.3 Å². The molecule has 2 N–H and O–H groups in total. The van der Waals surface area contributed by atoms with Crippen LogP contribution in [0.25, 0.3) is 16.5 Å². The lowest BCUT2D eigenvalue weighted by atomic mass is 9.79. The Labute approximate surface area is 246 Å². The van der Waals surface area contributed by atoms with Crippen molar-refractivity contribution in [1.82, 2.24) is 25.0 Å². The number of rotatable bonds is 5. The second-order valence-corrected chi connectivity index (χ2v) is 13.3. The molecule has 0 radical (unpaired) electrons. The zero-order chi connectivity index (χ0) is 29.7. The van der Waals surface area contributed by atoms with Gasteiger partial charge in [-0.2, -0.15) is 0 Å². The van der Waals surface area contributed by atoms with Crippen LogP contribution in [0.3, 0.4) is 0 Å². The highest BCUT2D eigenvalue weighted by atomic mass is 16.8. The SMILES string of the molecule is CO[C@@]12O[C@](NC(=O)[C@@H]3C=C4c5cccc6[nH]cc(c56)C[C@H]4N(C)C3)(C(C)C)C(=O)N1[C@@H](C(C)C)C(=O)N1CCC[C@H]12. The van der Waals surface area contributed by atoms with Gasteiger partial charge in [0.1, 0.15) is 12.1 Å². The van der Waals surface area contributed by atoms with E-state index >= 15 is 0 Å². The van der Waals surface area contributed by atoms with Crippen molar-refractivity contribution < 1.29 is 23.9 Å². The van der Waals surface area contributed by atoms with Gasteiger partial charge >= 0.3 is 0 Å². The minimum Gasteiger partial charge on any atom is -0.361 e. The Morgan fingerprint density at radius 2 is 2.00 bits per heavy atom. The molecule has 3 saturated heterocycles. The van der Waals surface area contributed by atoms with Crippen LogP contribution in [0.4, 0.5) is 0 Å². The number of piperazine rings is 1. The maximum absolute atomic E-state index is 14.6. The van der Waals surface area contributed by atoms with E-state index in [1.807, 2.05) is 38.7 Å². The van der Waals surface area contributed by atoms with E-state index in [9.17, 15) is 14.4 Å². The van der Waals surface area contributed by atoms with E-state index in [-0.39, 0.29) is 23.8 Å². The molecule has 42 heavy (non-hydrogen) atoms. The third-order valence-corrected chi connectivity index (χ3v) is 10.3. The fourth-order valence-electron chi connectivity index (χ4n) is 8.22. The predicted octanol–water partition coefficient (Wildman–Crippen LogP) is 2.69. The van der Waals surface area contributed by atoms with E-state index in [1.54, 1.807) is 0 Å². The number of hydrogen-bond donors (Lipinski definition) is 2. The molecule has 3 amide bonds. The number of fused-ring (bicyclic) bond motifs is 5. The van der Waals surface area contributed by atoms with Gasteiger partial charge in [0.15, 0.2) is 0 Å². The normalized spacial score (nSPS) is 34.2. The minimum absolute atomic E-state index is 0.0803. The summed E-state index contributed by atoms with van der Waals surface area (Å²) in [6, 6.07) is 5.24. The molecule has 2 aromatic rings. The van der Waals surface area contributed by atoms with Gasteiger partial charge in [-0.15, -0.1) is 0 Å². The molecule has 3 fully saturated rings. The third-order valence-electron chi connectivity index (χ3n) is 10.3. The third kappa shape index (κ3) is 3.51. The van der Waals surface area contributed by atoms with Gasteiger partial charge in [-0.1, -0.05) is 45.9 Å². The van der Waals surface area contributed by atoms with E-state index in [2.05, 4.69) is 46.7 Å². The van der Waals surface area contributed by atoms with E-state index in [4.69, 9.17) is 9.47 Å². The highest BCUT2D eigenvalue weighted by Crippen LogP contribution is 2.50. The van der Waals surface area contributed by atoms with Gasteiger partial charge in [0, 0.05) is 49.3 Å². The van der Waals surface area contributed by atoms with Gasteiger partial charge in [-0.25, -0.2) is 0 Å². The van der Waals surface area contributed by atoms with Crippen molar-refractivity contribution in [2.24, 2.45) is 17.8 Å². The number of aromatic amines is 1. The second-order valence-electron chi connectivity index (χ2n) is 13.3. The van der Waals surface area contributed by atoms with Crippen LogP contribution in [-0.4, -0.2) is 94.4 Å². The van der Waals surface area contributed by atoms with Crippen LogP contribution in [0.2, 0.25) is 0 Å². The summed E-state index contributed by atoms with van der Waals surface area (Å²) in [4.78, 5) is 51.4. The molecule has 0 spiro atoms. The molecule has 0 unspecified atom stereocenters. The van der Waals surface area contributed by atoms with Gasteiger partial charge < -0.3 is 19.9 Å². The van der Waals surface area contributed by atoms with E-state index in [1.165, 1.54) is 23.0 Å². The topological polar surface area (TPSA) is 107 Å². The molecule has 4 aliphatic heterocycles. The lowest BCUT2D eigenvalue weighted by Crippen LogP contribution is -2.72. The van der Waals surface area contributed by atoms with Crippen molar-refractivity contribution in [3.05, 3.63) is 41.6 Å². The average molecular weight is 576 g/mol. The predicted molar refractivity (Wildman–Crippen MR) is 157 cm³/mol. The number of likely N-dealkylation sites (N-methyl/N-ethyl adjacent to an activating group) is 1. The number of nitrogens with zero attached hydrogens (tertiary/aromatic N) is 3. The van der Waals surface area contributed by atoms with Crippen molar-refractivity contribution >= 4 is 34.2 Å². The zero-order valence-corrected chi connectivity index (χ0v) is 25.3. The summed E-state index contributed by atoms with van der Waals surface area (Å²) in [5, 5.41) is 4.31. The molecule has 5 heterocycles. The molecule has 1 aromatic heterocycles. The average Bonchev–Trinajstić information content (AvgIpc) is 3.68. The number of ether oxygens (including phenoxy) is 2. The Hall–Kier alpha value is -3.21. The van der Waals surface area contributed by atoms with Crippen LogP contribution < -0.4 is 5.32 Å². The number of benzene rings is 1. The Kier molecular flexibility index (Phi) is 6.18. The van der Waals surface area contributed by atoms with Gasteiger partial charge in [0.2, 0.25) is 17.5 Å². The first-order valence-corrected chi connectivity index (χ1v) is 15.3. The number of methoxy groups -OCH3 is 1. The largest absolute Gasteiger partial charge is 0.361 e. The van der Waals surface area contributed by atoms with Crippen molar-refractivity contribution in [3.8, 4) is 0 Å². The summed E-state index contributed by atoms with van der Waals surface area (Å²) in [5.74, 6) is -3.32. The van der Waals surface area contributed by atoms with E-state index < -0.39 is 41.5 Å². The van der Waals surface area contributed by atoms with Gasteiger partial charge in [-0.05, 0) is 55.0 Å². The number of nitrogens with one attached hydrogen (secondary N) is 2. The molecule has 5 aliphatic rings. The molecule has 0 bridgehead atoms. The van der Waals surface area contributed by atoms with Crippen LogP contribution >= 0.6 is 0 Å². The second kappa shape index (κ2) is 9.39. The Balaban J connectivity index is 1.27. The fraction of sp³-hybridized carbons (Fsp3) is 0.594. The molecule has 1 aromatic carbocycles.